The van der Waals surface area contributed by atoms with Gasteiger partial charge in [0, 0.05) is 19.4 Å². The number of hydrogen-bond donors (Lipinski definition) is 1. The molecule has 0 saturated heterocycles. The van der Waals surface area contributed by atoms with Gasteiger partial charge >= 0.3 is 0 Å². The van der Waals surface area contributed by atoms with Gasteiger partial charge in [0.2, 0.25) is 5.91 Å². The Morgan fingerprint density at radius 1 is 1.00 bits per heavy atom. The fourth-order valence-electron chi connectivity index (χ4n) is 1.85. The SMILES string of the molecule is CC(=O)CCC(=O)NCC(C(C)C)C(C)C. The van der Waals surface area contributed by atoms with Crippen molar-refractivity contribution < 1.29 is 9.59 Å². The van der Waals surface area contributed by atoms with Crippen molar-refractivity contribution in [1.29, 1.82) is 0 Å². The maximum Gasteiger partial charge on any atom is 0.220 e. The van der Waals surface area contributed by atoms with Crippen molar-refractivity contribution in [1.82, 2.24) is 5.32 Å². The smallest absolute Gasteiger partial charge is 0.220 e. The Bertz CT molecular complexity index is 226. The fourth-order valence-corrected chi connectivity index (χ4v) is 1.85. The van der Waals surface area contributed by atoms with Crippen molar-refractivity contribution in [3.8, 4) is 0 Å². The van der Waals surface area contributed by atoms with Crippen molar-refractivity contribution in [3.05, 3.63) is 0 Å². The van der Waals surface area contributed by atoms with E-state index in [1.165, 1.54) is 6.92 Å². The van der Waals surface area contributed by atoms with Crippen molar-refractivity contribution in [2.45, 2.75) is 47.5 Å². The zero-order valence-electron chi connectivity index (χ0n) is 11.2. The molecule has 0 radical (unpaired) electrons. The summed E-state index contributed by atoms with van der Waals surface area (Å²) in [5.41, 5.74) is 0. The van der Waals surface area contributed by atoms with E-state index in [-0.39, 0.29) is 11.7 Å². The number of Topliss-reactive ketones (excluding diaryl/α,β-unsaturated/α-hetero) is 1. The van der Waals surface area contributed by atoms with E-state index in [2.05, 4.69) is 33.0 Å². The number of amides is 1. The topological polar surface area (TPSA) is 46.2 Å². The van der Waals surface area contributed by atoms with Crippen LogP contribution in [0.1, 0.15) is 47.5 Å². The summed E-state index contributed by atoms with van der Waals surface area (Å²) in [7, 11) is 0. The molecule has 0 bridgehead atoms. The minimum absolute atomic E-state index is 0.0125. The van der Waals surface area contributed by atoms with Crippen LogP contribution in [-0.4, -0.2) is 18.2 Å². The molecule has 0 unspecified atom stereocenters. The molecule has 0 heterocycles. The van der Waals surface area contributed by atoms with Crippen molar-refractivity contribution in [2.75, 3.05) is 6.54 Å². The van der Waals surface area contributed by atoms with E-state index in [1.54, 1.807) is 0 Å². The molecule has 0 atom stereocenters. The zero-order valence-corrected chi connectivity index (χ0v) is 11.2. The van der Waals surface area contributed by atoms with Crippen LogP contribution in [0.5, 0.6) is 0 Å². The largest absolute Gasteiger partial charge is 0.356 e. The normalized spacial score (nSPS) is 11.2. The van der Waals surface area contributed by atoms with Crippen molar-refractivity contribution >= 4 is 11.7 Å². The average Bonchev–Trinajstić information content (AvgIpc) is 2.13. The second-order valence-electron chi connectivity index (χ2n) is 5.16. The van der Waals surface area contributed by atoms with Gasteiger partial charge in [0.25, 0.3) is 0 Å². The molecule has 0 aromatic carbocycles. The minimum Gasteiger partial charge on any atom is -0.356 e. The summed E-state index contributed by atoms with van der Waals surface area (Å²) in [5, 5.41) is 2.91. The standard InChI is InChI=1S/C13H25NO2/c1-9(2)12(10(3)4)8-14-13(16)7-6-11(5)15/h9-10,12H,6-8H2,1-5H3,(H,14,16). The summed E-state index contributed by atoms with van der Waals surface area (Å²) in [5.74, 6) is 1.68. The average molecular weight is 227 g/mol. The fraction of sp³-hybridized carbons (Fsp3) is 0.846. The van der Waals surface area contributed by atoms with E-state index in [4.69, 9.17) is 0 Å². The number of rotatable bonds is 7. The van der Waals surface area contributed by atoms with Crippen LogP contribution in [0.4, 0.5) is 0 Å². The maximum atomic E-state index is 11.4. The predicted molar refractivity (Wildman–Crippen MR) is 66.1 cm³/mol. The van der Waals surface area contributed by atoms with E-state index in [1.807, 2.05) is 0 Å². The third kappa shape index (κ3) is 6.59. The van der Waals surface area contributed by atoms with Crippen LogP contribution in [0.3, 0.4) is 0 Å². The Kier molecular flexibility index (Phi) is 7.02. The number of nitrogens with one attached hydrogen (secondary N) is 1. The molecule has 0 aromatic heterocycles. The third-order valence-corrected chi connectivity index (χ3v) is 2.95. The lowest BCUT2D eigenvalue weighted by Crippen LogP contribution is -2.33. The second kappa shape index (κ2) is 7.42. The molecule has 0 saturated carbocycles. The molecule has 0 aromatic rings. The van der Waals surface area contributed by atoms with Crippen LogP contribution in [0.15, 0.2) is 0 Å². The number of carbonyl (C=O) groups excluding carboxylic acids is 2. The van der Waals surface area contributed by atoms with E-state index < -0.39 is 0 Å². The molecule has 1 amide bonds. The van der Waals surface area contributed by atoms with Gasteiger partial charge in [-0.05, 0) is 24.7 Å². The Morgan fingerprint density at radius 2 is 1.50 bits per heavy atom. The van der Waals surface area contributed by atoms with E-state index >= 15 is 0 Å². The van der Waals surface area contributed by atoms with Gasteiger partial charge in [-0.1, -0.05) is 27.7 Å². The lowest BCUT2D eigenvalue weighted by molar-refractivity contribution is -0.124. The van der Waals surface area contributed by atoms with Gasteiger partial charge in [0.1, 0.15) is 5.78 Å². The highest BCUT2D eigenvalue weighted by atomic mass is 16.2. The van der Waals surface area contributed by atoms with Crippen LogP contribution in [0, 0.1) is 17.8 Å². The van der Waals surface area contributed by atoms with Crippen LogP contribution in [-0.2, 0) is 9.59 Å². The zero-order chi connectivity index (χ0) is 12.7. The molecule has 1 N–H and O–H groups in total. The van der Waals surface area contributed by atoms with Crippen molar-refractivity contribution in [3.63, 3.8) is 0 Å². The first kappa shape index (κ1) is 15.1. The monoisotopic (exact) mass is 227 g/mol. The third-order valence-electron chi connectivity index (χ3n) is 2.95. The van der Waals surface area contributed by atoms with Crippen molar-refractivity contribution in [2.24, 2.45) is 17.8 Å². The first-order valence-electron chi connectivity index (χ1n) is 6.10. The Morgan fingerprint density at radius 3 is 1.88 bits per heavy atom. The second-order valence-corrected chi connectivity index (χ2v) is 5.16. The summed E-state index contributed by atoms with van der Waals surface area (Å²) in [6.45, 7) is 10.9. The Hall–Kier alpha value is -0.860. The van der Waals surface area contributed by atoms with Gasteiger partial charge in [-0.15, -0.1) is 0 Å². The quantitative estimate of drug-likeness (QED) is 0.726. The summed E-state index contributed by atoms with van der Waals surface area (Å²) < 4.78 is 0. The molecule has 0 rings (SSSR count). The minimum atomic E-state index is -0.0125. The molecule has 0 spiro atoms. The number of hydrogen-bond acceptors (Lipinski definition) is 2. The highest BCUT2D eigenvalue weighted by molar-refractivity contribution is 5.83. The van der Waals surface area contributed by atoms with Gasteiger partial charge < -0.3 is 10.1 Å². The maximum absolute atomic E-state index is 11.4. The Balaban J connectivity index is 3.92. The van der Waals surface area contributed by atoms with Crippen LogP contribution >= 0.6 is 0 Å². The first-order chi connectivity index (χ1) is 7.34. The molecular formula is C13H25NO2. The molecule has 0 aliphatic rings. The number of ketones is 1. The van der Waals surface area contributed by atoms with Gasteiger partial charge in [-0.3, -0.25) is 4.79 Å². The summed E-state index contributed by atoms with van der Waals surface area (Å²) in [6, 6.07) is 0. The molecular weight excluding hydrogens is 202 g/mol. The Labute approximate surface area is 99.0 Å². The van der Waals surface area contributed by atoms with E-state index in [0.717, 1.165) is 0 Å². The van der Waals surface area contributed by atoms with Crippen LogP contribution < -0.4 is 5.32 Å². The molecule has 94 valence electrons. The highest BCUT2D eigenvalue weighted by Gasteiger charge is 2.18. The lowest BCUT2D eigenvalue weighted by Gasteiger charge is -2.25. The van der Waals surface area contributed by atoms with E-state index in [0.29, 0.717) is 37.1 Å². The van der Waals surface area contributed by atoms with Gasteiger partial charge in [0.15, 0.2) is 0 Å². The lowest BCUT2D eigenvalue weighted by atomic mass is 9.85. The van der Waals surface area contributed by atoms with Gasteiger partial charge in [-0.25, -0.2) is 0 Å². The summed E-state index contributed by atoms with van der Waals surface area (Å²) >= 11 is 0. The van der Waals surface area contributed by atoms with Crippen LogP contribution in [0.2, 0.25) is 0 Å². The first-order valence-corrected chi connectivity index (χ1v) is 6.10. The van der Waals surface area contributed by atoms with Gasteiger partial charge in [-0.2, -0.15) is 0 Å². The molecule has 3 heteroatoms. The number of carbonyl (C=O) groups is 2. The molecule has 0 fully saturated rings. The van der Waals surface area contributed by atoms with Gasteiger partial charge in [0.05, 0.1) is 0 Å². The predicted octanol–water partition coefficient (Wildman–Crippen LogP) is 2.40. The molecule has 0 aliphatic carbocycles. The molecule has 0 aliphatic heterocycles. The summed E-state index contributed by atoms with van der Waals surface area (Å²) in [6.07, 6.45) is 0.665. The summed E-state index contributed by atoms with van der Waals surface area (Å²) in [4.78, 5) is 22.2. The van der Waals surface area contributed by atoms with Crippen LogP contribution in [0.25, 0.3) is 0 Å². The molecule has 16 heavy (non-hydrogen) atoms. The molecule has 3 nitrogen and oxygen atoms in total. The van der Waals surface area contributed by atoms with E-state index in [9.17, 15) is 9.59 Å². The highest BCUT2D eigenvalue weighted by Crippen LogP contribution is 2.19.